The van der Waals surface area contributed by atoms with Crippen LogP contribution in [0.15, 0.2) is 48.5 Å². The second-order valence-electron chi connectivity index (χ2n) is 4.79. The molecule has 0 bridgehead atoms. The Kier molecular flexibility index (Phi) is 6.11. The molecule has 120 valence electrons. The summed E-state index contributed by atoms with van der Waals surface area (Å²) in [6, 6.07) is 13.2. The summed E-state index contributed by atoms with van der Waals surface area (Å²) in [5.74, 6) is -2.12. The number of nitrogens with one attached hydrogen (secondary N) is 1. The molecule has 0 saturated carbocycles. The van der Waals surface area contributed by atoms with E-state index < -0.39 is 24.3 Å². The number of ether oxygens (including phenoxy) is 1. The van der Waals surface area contributed by atoms with Crippen LogP contribution in [0.4, 0.5) is 4.39 Å². The molecule has 0 aliphatic carbocycles. The molecule has 1 N–H and O–H groups in total. The van der Waals surface area contributed by atoms with Crippen LogP contribution in [0.2, 0.25) is 5.02 Å². The second-order valence-corrected chi connectivity index (χ2v) is 5.22. The SMILES string of the molecule is O=C(COC(=O)c1cc(Cl)ccc1F)NCCc1ccccc1. The number of hydrogen-bond donors (Lipinski definition) is 1. The Bertz CT molecular complexity index is 691. The minimum Gasteiger partial charge on any atom is -0.452 e. The van der Waals surface area contributed by atoms with Gasteiger partial charge in [-0.15, -0.1) is 0 Å². The normalized spacial score (nSPS) is 10.2. The molecule has 6 heteroatoms. The van der Waals surface area contributed by atoms with E-state index in [-0.39, 0.29) is 10.6 Å². The summed E-state index contributed by atoms with van der Waals surface area (Å²) in [5.41, 5.74) is 0.792. The molecule has 0 aromatic heterocycles. The maximum absolute atomic E-state index is 13.5. The number of carbonyl (C=O) groups is 2. The zero-order valence-electron chi connectivity index (χ0n) is 12.2. The standard InChI is InChI=1S/C17H15ClFNO3/c18-13-6-7-15(19)14(10-13)17(22)23-11-16(21)20-9-8-12-4-2-1-3-5-12/h1-7,10H,8-9,11H2,(H,20,21). The van der Waals surface area contributed by atoms with Crippen LogP contribution in [0, 0.1) is 5.82 Å². The highest BCUT2D eigenvalue weighted by Gasteiger charge is 2.15. The van der Waals surface area contributed by atoms with Gasteiger partial charge >= 0.3 is 5.97 Å². The third kappa shape index (κ3) is 5.38. The Hall–Kier alpha value is -2.40. The summed E-state index contributed by atoms with van der Waals surface area (Å²) in [6.07, 6.45) is 0.670. The molecule has 2 aromatic carbocycles. The van der Waals surface area contributed by atoms with Crippen LogP contribution in [0.25, 0.3) is 0 Å². The molecular formula is C17H15ClFNO3. The molecule has 0 unspecified atom stereocenters. The first kappa shape index (κ1) is 17.0. The lowest BCUT2D eigenvalue weighted by atomic mass is 10.1. The molecule has 0 saturated heterocycles. The maximum Gasteiger partial charge on any atom is 0.341 e. The number of carbonyl (C=O) groups excluding carboxylic acids is 2. The molecule has 0 atom stereocenters. The highest BCUT2D eigenvalue weighted by atomic mass is 35.5. The van der Waals surface area contributed by atoms with Crippen LogP contribution >= 0.6 is 11.6 Å². The highest BCUT2D eigenvalue weighted by Crippen LogP contribution is 2.15. The Balaban J connectivity index is 1.75. The van der Waals surface area contributed by atoms with Gasteiger partial charge in [0.05, 0.1) is 5.56 Å². The monoisotopic (exact) mass is 335 g/mol. The first-order chi connectivity index (χ1) is 11.1. The molecule has 0 aliphatic heterocycles. The third-order valence-corrected chi connectivity index (χ3v) is 3.30. The number of benzene rings is 2. The van der Waals surface area contributed by atoms with Crippen LogP contribution < -0.4 is 5.32 Å². The van der Waals surface area contributed by atoms with Crippen molar-refractivity contribution in [2.45, 2.75) is 6.42 Å². The zero-order valence-corrected chi connectivity index (χ0v) is 13.0. The van der Waals surface area contributed by atoms with Crippen molar-refractivity contribution in [1.29, 1.82) is 0 Å². The minimum absolute atomic E-state index is 0.214. The van der Waals surface area contributed by atoms with Gasteiger partial charge in [0.2, 0.25) is 0 Å². The summed E-state index contributed by atoms with van der Waals surface area (Å²) in [7, 11) is 0. The van der Waals surface area contributed by atoms with Crippen molar-refractivity contribution in [2.24, 2.45) is 0 Å². The lowest BCUT2D eigenvalue weighted by Crippen LogP contribution is -2.30. The Labute approximate surface area is 138 Å². The summed E-state index contributed by atoms with van der Waals surface area (Å²) in [4.78, 5) is 23.3. The van der Waals surface area contributed by atoms with Gasteiger partial charge in [-0.3, -0.25) is 4.79 Å². The van der Waals surface area contributed by atoms with Crippen molar-refractivity contribution in [1.82, 2.24) is 5.32 Å². The van der Waals surface area contributed by atoms with E-state index in [0.717, 1.165) is 17.7 Å². The minimum atomic E-state index is -0.928. The fourth-order valence-electron chi connectivity index (χ4n) is 1.90. The quantitative estimate of drug-likeness (QED) is 0.826. The number of rotatable bonds is 6. The van der Waals surface area contributed by atoms with Crippen molar-refractivity contribution >= 4 is 23.5 Å². The van der Waals surface area contributed by atoms with Crippen molar-refractivity contribution in [3.05, 3.63) is 70.5 Å². The van der Waals surface area contributed by atoms with E-state index in [9.17, 15) is 14.0 Å². The molecule has 2 rings (SSSR count). The van der Waals surface area contributed by atoms with Gasteiger partial charge in [0.25, 0.3) is 5.91 Å². The average molecular weight is 336 g/mol. The second kappa shape index (κ2) is 8.29. The van der Waals surface area contributed by atoms with Gasteiger partial charge in [-0.2, -0.15) is 0 Å². The van der Waals surface area contributed by atoms with Gasteiger partial charge in [0.15, 0.2) is 6.61 Å². The van der Waals surface area contributed by atoms with Crippen molar-refractivity contribution in [3.63, 3.8) is 0 Å². The Morgan fingerprint density at radius 1 is 1.13 bits per heavy atom. The lowest BCUT2D eigenvalue weighted by Gasteiger charge is -2.07. The highest BCUT2D eigenvalue weighted by molar-refractivity contribution is 6.30. The van der Waals surface area contributed by atoms with Crippen LogP contribution in [0.1, 0.15) is 15.9 Å². The number of halogens is 2. The molecular weight excluding hydrogens is 321 g/mol. The third-order valence-electron chi connectivity index (χ3n) is 3.06. The zero-order chi connectivity index (χ0) is 16.7. The summed E-state index contributed by atoms with van der Waals surface area (Å²) < 4.78 is 18.3. The molecule has 1 amide bonds. The van der Waals surface area contributed by atoms with E-state index in [1.165, 1.54) is 6.07 Å². The van der Waals surface area contributed by atoms with E-state index in [0.29, 0.717) is 13.0 Å². The van der Waals surface area contributed by atoms with E-state index in [4.69, 9.17) is 16.3 Å². The van der Waals surface area contributed by atoms with Gasteiger partial charge < -0.3 is 10.1 Å². The molecule has 23 heavy (non-hydrogen) atoms. The van der Waals surface area contributed by atoms with Crippen LogP contribution in [-0.2, 0) is 16.0 Å². The van der Waals surface area contributed by atoms with Gasteiger partial charge in [0.1, 0.15) is 5.82 Å². The van der Waals surface area contributed by atoms with Crippen molar-refractivity contribution in [2.75, 3.05) is 13.2 Å². The predicted molar refractivity (Wildman–Crippen MR) is 84.8 cm³/mol. The Morgan fingerprint density at radius 3 is 2.61 bits per heavy atom. The van der Waals surface area contributed by atoms with E-state index in [1.807, 2.05) is 30.3 Å². The van der Waals surface area contributed by atoms with E-state index in [2.05, 4.69) is 5.32 Å². The molecule has 4 nitrogen and oxygen atoms in total. The van der Waals surface area contributed by atoms with Crippen molar-refractivity contribution < 1.29 is 18.7 Å². The van der Waals surface area contributed by atoms with Gasteiger partial charge in [0, 0.05) is 11.6 Å². The Morgan fingerprint density at radius 2 is 1.87 bits per heavy atom. The maximum atomic E-state index is 13.5. The molecule has 0 aliphatic rings. The van der Waals surface area contributed by atoms with Gasteiger partial charge in [-0.1, -0.05) is 41.9 Å². The molecule has 0 spiro atoms. The van der Waals surface area contributed by atoms with Crippen molar-refractivity contribution in [3.8, 4) is 0 Å². The fourth-order valence-corrected chi connectivity index (χ4v) is 2.08. The summed E-state index contributed by atoms with van der Waals surface area (Å²) in [5, 5.41) is 2.84. The first-order valence-corrected chi connectivity index (χ1v) is 7.37. The van der Waals surface area contributed by atoms with Crippen LogP contribution in [0.3, 0.4) is 0 Å². The number of hydrogen-bond acceptors (Lipinski definition) is 3. The number of amides is 1. The molecule has 2 aromatic rings. The first-order valence-electron chi connectivity index (χ1n) is 6.99. The smallest absolute Gasteiger partial charge is 0.341 e. The van der Waals surface area contributed by atoms with E-state index >= 15 is 0 Å². The largest absolute Gasteiger partial charge is 0.452 e. The molecule has 0 heterocycles. The van der Waals surface area contributed by atoms with Crippen LogP contribution in [0.5, 0.6) is 0 Å². The lowest BCUT2D eigenvalue weighted by molar-refractivity contribution is -0.124. The van der Waals surface area contributed by atoms with Gasteiger partial charge in [-0.05, 0) is 30.2 Å². The molecule has 0 radical (unpaired) electrons. The van der Waals surface area contributed by atoms with Crippen LogP contribution in [-0.4, -0.2) is 25.0 Å². The summed E-state index contributed by atoms with van der Waals surface area (Å²) >= 11 is 5.70. The summed E-state index contributed by atoms with van der Waals surface area (Å²) in [6.45, 7) is -0.0501. The molecule has 0 fully saturated rings. The fraction of sp³-hybridized carbons (Fsp3) is 0.176. The predicted octanol–water partition coefficient (Wildman–Crippen LogP) is 2.99. The van der Waals surface area contributed by atoms with E-state index in [1.54, 1.807) is 0 Å². The number of esters is 1. The average Bonchev–Trinajstić information content (AvgIpc) is 2.56. The topological polar surface area (TPSA) is 55.4 Å². The van der Waals surface area contributed by atoms with Gasteiger partial charge in [-0.25, -0.2) is 9.18 Å².